The van der Waals surface area contributed by atoms with Crippen molar-refractivity contribution in [3.8, 4) is 5.75 Å². The molecule has 71 valence electrons. The molecular formula is C9H5Br2N2O. The molecule has 1 aromatic carbocycles. The highest BCUT2D eigenvalue weighted by atomic mass is 79.9. The van der Waals surface area contributed by atoms with Crippen LogP contribution in [0.2, 0.25) is 0 Å². The van der Waals surface area contributed by atoms with Crippen LogP contribution in [0.25, 0.3) is 0 Å². The molecule has 0 N–H and O–H groups in total. The van der Waals surface area contributed by atoms with Gasteiger partial charge in [-0.1, -0.05) is 4.85 Å². The van der Waals surface area contributed by atoms with Crippen LogP contribution in [0.3, 0.4) is 0 Å². The molecule has 5 heteroatoms. The van der Waals surface area contributed by atoms with Crippen molar-refractivity contribution in [2.75, 3.05) is 0 Å². The molecule has 0 spiro atoms. The summed E-state index contributed by atoms with van der Waals surface area (Å²) in [5, 5.41) is 3.88. The van der Waals surface area contributed by atoms with Crippen LogP contribution >= 0.6 is 31.9 Å². The molecule has 0 aliphatic carbocycles. The smallest absolute Gasteiger partial charge is 0.159 e. The van der Waals surface area contributed by atoms with E-state index in [0.29, 0.717) is 5.75 Å². The maximum Gasteiger partial charge on any atom is 0.159 e. The van der Waals surface area contributed by atoms with E-state index in [1.807, 2.05) is 18.2 Å². The van der Waals surface area contributed by atoms with Crippen LogP contribution in [0.4, 0.5) is 0 Å². The Morgan fingerprint density at radius 1 is 1.29 bits per heavy atom. The lowest BCUT2D eigenvalue weighted by Gasteiger charge is -2.04. The van der Waals surface area contributed by atoms with Gasteiger partial charge in [0, 0.05) is 15.0 Å². The van der Waals surface area contributed by atoms with E-state index in [0.717, 1.165) is 8.95 Å². The summed E-state index contributed by atoms with van der Waals surface area (Å²) in [4.78, 5) is 6.72. The van der Waals surface area contributed by atoms with Crippen molar-refractivity contribution in [2.24, 2.45) is 0 Å². The van der Waals surface area contributed by atoms with Crippen molar-refractivity contribution < 1.29 is 4.84 Å². The molecule has 2 aromatic rings. The van der Waals surface area contributed by atoms with Gasteiger partial charge in [0.2, 0.25) is 0 Å². The monoisotopic (exact) mass is 315 g/mol. The highest BCUT2D eigenvalue weighted by molar-refractivity contribution is 9.13. The fourth-order valence-electron chi connectivity index (χ4n) is 0.912. The fraction of sp³-hybridized carbons (Fsp3) is 0. The van der Waals surface area contributed by atoms with Gasteiger partial charge in [0.15, 0.2) is 5.75 Å². The lowest BCUT2D eigenvalue weighted by molar-refractivity contribution is 0.178. The second kappa shape index (κ2) is 4.14. The molecule has 0 amide bonds. The van der Waals surface area contributed by atoms with Crippen molar-refractivity contribution in [3.05, 3.63) is 45.6 Å². The highest BCUT2D eigenvalue weighted by Crippen LogP contribution is 2.27. The number of rotatable bonds is 2. The number of hydrogen-bond acceptors (Lipinski definition) is 2. The summed E-state index contributed by atoms with van der Waals surface area (Å²) in [6.07, 6.45) is 3.14. The predicted molar refractivity (Wildman–Crippen MR) is 58.9 cm³/mol. The maximum atomic E-state index is 5.38. The standard InChI is InChI=1S/C9H5Br2N2O/c10-8-3-2-7(6-9(8)11)14-13-5-1-4-12-13/h2-6H. The SMILES string of the molecule is Brc1ccc(On2c[c]cn2)cc1Br. The number of halogens is 2. The van der Waals surface area contributed by atoms with Crippen molar-refractivity contribution in [1.29, 1.82) is 0 Å². The number of benzene rings is 1. The van der Waals surface area contributed by atoms with E-state index in [2.05, 4.69) is 43.0 Å². The van der Waals surface area contributed by atoms with Gasteiger partial charge in [0.25, 0.3) is 0 Å². The highest BCUT2D eigenvalue weighted by Gasteiger charge is 2.00. The molecule has 2 rings (SSSR count). The van der Waals surface area contributed by atoms with Gasteiger partial charge in [0.05, 0.1) is 12.4 Å². The Kier molecular flexibility index (Phi) is 2.88. The molecule has 0 saturated heterocycles. The van der Waals surface area contributed by atoms with Crippen LogP contribution in [-0.2, 0) is 0 Å². The largest absolute Gasteiger partial charge is 0.358 e. The zero-order chi connectivity index (χ0) is 9.97. The second-order valence-corrected chi connectivity index (χ2v) is 4.22. The fourth-order valence-corrected chi connectivity index (χ4v) is 1.52. The third-order valence-electron chi connectivity index (χ3n) is 1.52. The van der Waals surface area contributed by atoms with E-state index in [-0.39, 0.29) is 0 Å². The summed E-state index contributed by atoms with van der Waals surface area (Å²) in [6.45, 7) is 0. The zero-order valence-corrected chi connectivity index (χ0v) is 10.1. The van der Waals surface area contributed by atoms with Gasteiger partial charge in [-0.05, 0) is 50.1 Å². The van der Waals surface area contributed by atoms with Crippen molar-refractivity contribution in [3.63, 3.8) is 0 Å². The average molecular weight is 317 g/mol. The molecule has 0 saturated carbocycles. The van der Waals surface area contributed by atoms with E-state index in [1.165, 1.54) is 11.0 Å². The van der Waals surface area contributed by atoms with Crippen LogP contribution < -0.4 is 4.84 Å². The molecule has 1 aromatic heterocycles. The number of hydrogen-bond donors (Lipinski definition) is 0. The van der Waals surface area contributed by atoms with E-state index in [9.17, 15) is 0 Å². The van der Waals surface area contributed by atoms with Gasteiger partial charge in [-0.25, -0.2) is 0 Å². The van der Waals surface area contributed by atoms with Crippen molar-refractivity contribution in [1.82, 2.24) is 9.94 Å². The van der Waals surface area contributed by atoms with Crippen LogP contribution in [0.1, 0.15) is 0 Å². The molecule has 3 nitrogen and oxygen atoms in total. The van der Waals surface area contributed by atoms with Gasteiger partial charge >= 0.3 is 0 Å². The third kappa shape index (κ3) is 2.16. The Balaban J connectivity index is 2.22. The van der Waals surface area contributed by atoms with E-state index >= 15 is 0 Å². The van der Waals surface area contributed by atoms with Gasteiger partial charge in [-0.2, -0.15) is 0 Å². The molecule has 1 heterocycles. The minimum Gasteiger partial charge on any atom is -0.358 e. The van der Waals surface area contributed by atoms with Crippen LogP contribution in [0.5, 0.6) is 5.75 Å². The van der Waals surface area contributed by atoms with Gasteiger partial charge in [-0.3, -0.25) is 0 Å². The predicted octanol–water partition coefficient (Wildman–Crippen LogP) is 3.05. The summed E-state index contributed by atoms with van der Waals surface area (Å²) >= 11 is 6.76. The van der Waals surface area contributed by atoms with Crippen LogP contribution in [0.15, 0.2) is 39.5 Å². The molecule has 0 unspecified atom stereocenters. The summed E-state index contributed by atoms with van der Waals surface area (Å²) < 4.78 is 1.92. The van der Waals surface area contributed by atoms with E-state index in [4.69, 9.17) is 4.84 Å². The third-order valence-corrected chi connectivity index (χ3v) is 3.40. The molecule has 0 aliphatic heterocycles. The first kappa shape index (κ1) is 9.73. The Hall–Kier alpha value is -0.810. The molecular weight excluding hydrogens is 312 g/mol. The number of aromatic nitrogens is 2. The lowest BCUT2D eigenvalue weighted by Crippen LogP contribution is -2.04. The molecule has 0 fully saturated rings. The van der Waals surface area contributed by atoms with Gasteiger partial charge < -0.3 is 4.84 Å². The molecule has 0 bridgehead atoms. The molecule has 14 heavy (non-hydrogen) atoms. The summed E-state index contributed by atoms with van der Waals surface area (Å²) in [5.41, 5.74) is 0. The summed E-state index contributed by atoms with van der Waals surface area (Å²) in [6, 6.07) is 8.37. The second-order valence-electron chi connectivity index (χ2n) is 2.51. The Morgan fingerprint density at radius 3 is 2.79 bits per heavy atom. The lowest BCUT2D eigenvalue weighted by atomic mass is 10.3. The first-order valence-corrected chi connectivity index (χ1v) is 5.38. The van der Waals surface area contributed by atoms with Gasteiger partial charge in [0.1, 0.15) is 0 Å². The number of nitrogens with zero attached hydrogens (tertiary/aromatic N) is 2. The normalized spacial score (nSPS) is 10.1. The van der Waals surface area contributed by atoms with E-state index in [1.54, 1.807) is 6.20 Å². The van der Waals surface area contributed by atoms with E-state index < -0.39 is 0 Å². The minimum atomic E-state index is 0.706. The first-order valence-electron chi connectivity index (χ1n) is 3.80. The maximum absolute atomic E-state index is 5.38. The topological polar surface area (TPSA) is 27.1 Å². The van der Waals surface area contributed by atoms with Crippen LogP contribution in [0, 0.1) is 6.07 Å². The first-order chi connectivity index (χ1) is 6.75. The quantitative estimate of drug-likeness (QED) is 0.851. The Bertz CT molecular complexity index is 428. The van der Waals surface area contributed by atoms with Crippen molar-refractivity contribution in [2.45, 2.75) is 0 Å². The Morgan fingerprint density at radius 2 is 2.14 bits per heavy atom. The average Bonchev–Trinajstić information content (AvgIpc) is 2.64. The minimum absolute atomic E-state index is 0.706. The molecule has 1 radical (unpaired) electrons. The molecule has 0 aliphatic rings. The molecule has 0 atom stereocenters. The Labute approximate surface area is 97.9 Å². The van der Waals surface area contributed by atoms with Crippen molar-refractivity contribution >= 4 is 31.9 Å². The zero-order valence-electron chi connectivity index (χ0n) is 6.95. The van der Waals surface area contributed by atoms with Gasteiger partial charge in [-0.15, -0.1) is 5.10 Å². The summed E-state index contributed by atoms with van der Waals surface area (Å²) in [5.74, 6) is 0.706. The summed E-state index contributed by atoms with van der Waals surface area (Å²) in [7, 11) is 0. The van der Waals surface area contributed by atoms with Crippen LogP contribution in [-0.4, -0.2) is 9.94 Å².